The number of phenolic OH excluding ortho intramolecular Hbond substituents is 4. The first-order valence-electron chi connectivity index (χ1n) is 7.51. The lowest BCUT2D eigenvalue weighted by atomic mass is 10.0. The van der Waals surface area contributed by atoms with Crippen molar-refractivity contribution in [2.75, 3.05) is 0 Å². The topological polar surface area (TPSA) is 173 Å². The van der Waals surface area contributed by atoms with Gasteiger partial charge < -0.3 is 36.6 Å². The minimum absolute atomic E-state index is 0.0559. The minimum Gasteiger partial charge on any atom is -0.508 e. The number of carboxylic acids is 1. The lowest BCUT2D eigenvalue weighted by Gasteiger charge is -2.19. The number of amides is 1. The van der Waals surface area contributed by atoms with Crippen LogP contribution in [-0.2, 0) is 16.0 Å². The Kier molecular flexibility index (Phi) is 5.53. The Hall–Kier alpha value is -3.46. The number of carbonyl (C=O) groups excluding carboxylic acids is 1. The number of carboxylic acid groups (broad SMARTS) is 1. The molecule has 2 aromatic carbocycles. The van der Waals surface area contributed by atoms with Crippen LogP contribution in [0, 0.1) is 0 Å². The van der Waals surface area contributed by atoms with Crippen molar-refractivity contribution in [1.29, 1.82) is 0 Å². The van der Waals surface area contributed by atoms with E-state index in [1.165, 1.54) is 12.1 Å². The quantitative estimate of drug-likeness (QED) is 0.360. The van der Waals surface area contributed by atoms with Crippen molar-refractivity contribution in [2.24, 2.45) is 5.73 Å². The van der Waals surface area contributed by atoms with Gasteiger partial charge in [-0.2, -0.15) is 0 Å². The maximum Gasteiger partial charge on any atom is 0.331 e. The summed E-state index contributed by atoms with van der Waals surface area (Å²) in [4.78, 5) is 23.7. The Morgan fingerprint density at radius 1 is 0.962 bits per heavy atom. The van der Waals surface area contributed by atoms with Crippen LogP contribution in [0.5, 0.6) is 23.0 Å². The Balaban J connectivity index is 2.16. The van der Waals surface area contributed by atoms with Crippen molar-refractivity contribution in [3.63, 3.8) is 0 Å². The Morgan fingerprint density at radius 2 is 1.58 bits per heavy atom. The van der Waals surface area contributed by atoms with E-state index in [0.29, 0.717) is 5.56 Å². The van der Waals surface area contributed by atoms with Gasteiger partial charge in [0.25, 0.3) is 0 Å². The molecule has 0 saturated carbocycles. The fraction of sp³-hybridized carbons (Fsp3) is 0.176. The van der Waals surface area contributed by atoms with Crippen LogP contribution in [0.2, 0.25) is 0 Å². The molecule has 0 aliphatic rings. The highest BCUT2D eigenvalue weighted by Gasteiger charge is 2.29. The normalized spacial score (nSPS) is 13.0. The molecule has 0 fully saturated rings. The number of rotatable bonds is 6. The summed E-state index contributed by atoms with van der Waals surface area (Å²) < 4.78 is 0. The minimum atomic E-state index is -1.68. The van der Waals surface area contributed by atoms with Crippen molar-refractivity contribution < 1.29 is 35.1 Å². The van der Waals surface area contributed by atoms with Gasteiger partial charge in [-0.15, -0.1) is 0 Å². The summed E-state index contributed by atoms with van der Waals surface area (Å²) in [7, 11) is 0. The molecule has 9 nitrogen and oxygen atoms in total. The summed E-state index contributed by atoms with van der Waals surface area (Å²) in [6.07, 6.45) is 0.0886. The highest BCUT2D eigenvalue weighted by atomic mass is 16.4. The Bertz CT molecular complexity index is 821. The van der Waals surface area contributed by atoms with Crippen molar-refractivity contribution in [2.45, 2.75) is 18.5 Å². The van der Waals surface area contributed by atoms with Crippen LogP contribution < -0.4 is 11.1 Å². The van der Waals surface area contributed by atoms with Crippen molar-refractivity contribution in [3.8, 4) is 23.0 Å². The molecular weight excluding hydrogens is 344 g/mol. The zero-order valence-electron chi connectivity index (χ0n) is 13.5. The lowest BCUT2D eigenvalue weighted by Crippen LogP contribution is -2.45. The molecule has 2 rings (SSSR count). The van der Waals surface area contributed by atoms with E-state index >= 15 is 0 Å². The molecule has 0 radical (unpaired) electrons. The summed E-state index contributed by atoms with van der Waals surface area (Å²) in [6.45, 7) is 0. The van der Waals surface area contributed by atoms with E-state index in [4.69, 9.17) is 5.73 Å². The van der Waals surface area contributed by atoms with Gasteiger partial charge in [-0.3, -0.25) is 4.79 Å². The Morgan fingerprint density at radius 3 is 2.15 bits per heavy atom. The largest absolute Gasteiger partial charge is 0.508 e. The van der Waals surface area contributed by atoms with Gasteiger partial charge >= 0.3 is 5.97 Å². The van der Waals surface area contributed by atoms with Gasteiger partial charge in [0, 0.05) is 5.56 Å². The molecule has 0 aliphatic carbocycles. The smallest absolute Gasteiger partial charge is 0.331 e. The molecule has 2 aromatic rings. The average molecular weight is 362 g/mol. The van der Waals surface area contributed by atoms with E-state index in [1.54, 1.807) is 12.1 Å². The second-order valence-corrected chi connectivity index (χ2v) is 5.63. The SMILES string of the molecule is N[C@@H](Cc1ccc(O)cc1)C(=O)N[C@@H](C(=O)O)c1ccc(O)c(O)c1O. The van der Waals surface area contributed by atoms with Crippen LogP contribution in [-0.4, -0.2) is 43.5 Å². The van der Waals surface area contributed by atoms with Crippen LogP contribution in [0.4, 0.5) is 0 Å². The molecule has 2 atom stereocenters. The highest BCUT2D eigenvalue weighted by molar-refractivity contribution is 5.88. The van der Waals surface area contributed by atoms with Crippen LogP contribution in [0.3, 0.4) is 0 Å². The van der Waals surface area contributed by atoms with Gasteiger partial charge in [-0.1, -0.05) is 12.1 Å². The van der Waals surface area contributed by atoms with E-state index in [2.05, 4.69) is 5.32 Å². The first-order valence-corrected chi connectivity index (χ1v) is 7.51. The molecule has 0 spiro atoms. The van der Waals surface area contributed by atoms with Gasteiger partial charge in [0.2, 0.25) is 11.7 Å². The molecule has 0 aliphatic heterocycles. The molecule has 138 valence electrons. The number of nitrogens with two attached hydrogens (primary N) is 1. The van der Waals surface area contributed by atoms with Crippen LogP contribution in [0.15, 0.2) is 36.4 Å². The molecule has 0 saturated heterocycles. The number of carbonyl (C=O) groups is 2. The van der Waals surface area contributed by atoms with Gasteiger partial charge in [-0.05, 0) is 36.2 Å². The zero-order valence-corrected chi connectivity index (χ0v) is 13.5. The number of aliphatic carboxylic acids is 1. The number of hydrogen-bond donors (Lipinski definition) is 7. The summed E-state index contributed by atoms with van der Waals surface area (Å²) >= 11 is 0. The monoisotopic (exact) mass is 362 g/mol. The molecule has 0 heterocycles. The van der Waals surface area contributed by atoms with Crippen molar-refractivity contribution in [1.82, 2.24) is 5.32 Å². The van der Waals surface area contributed by atoms with E-state index in [9.17, 15) is 35.1 Å². The van der Waals surface area contributed by atoms with Crippen LogP contribution in [0.1, 0.15) is 17.2 Å². The third-order valence-corrected chi connectivity index (χ3v) is 3.73. The molecule has 0 aromatic heterocycles. The van der Waals surface area contributed by atoms with E-state index in [0.717, 1.165) is 12.1 Å². The number of benzene rings is 2. The first-order chi connectivity index (χ1) is 12.2. The summed E-state index contributed by atoms with van der Waals surface area (Å²) in [5.74, 6) is -4.61. The van der Waals surface area contributed by atoms with Crippen molar-refractivity contribution >= 4 is 11.9 Å². The van der Waals surface area contributed by atoms with Gasteiger partial charge in [0.1, 0.15) is 5.75 Å². The van der Waals surface area contributed by atoms with Gasteiger partial charge in [0.05, 0.1) is 6.04 Å². The third kappa shape index (κ3) is 4.14. The third-order valence-electron chi connectivity index (χ3n) is 3.73. The summed E-state index contributed by atoms with van der Waals surface area (Å²) in [6, 6.07) is 5.28. The fourth-order valence-corrected chi connectivity index (χ4v) is 2.32. The maximum atomic E-state index is 12.2. The number of aromatic hydroxyl groups is 4. The molecular formula is C17H18N2O7. The van der Waals surface area contributed by atoms with Crippen molar-refractivity contribution in [3.05, 3.63) is 47.5 Å². The molecule has 9 heteroatoms. The molecule has 1 amide bonds. The molecule has 0 bridgehead atoms. The summed E-state index contributed by atoms with van der Waals surface area (Å²) in [5.41, 5.74) is 6.13. The number of phenols is 4. The van der Waals surface area contributed by atoms with Gasteiger partial charge in [-0.25, -0.2) is 4.79 Å². The van der Waals surface area contributed by atoms with Gasteiger partial charge in [0.15, 0.2) is 17.5 Å². The maximum absolute atomic E-state index is 12.2. The van der Waals surface area contributed by atoms with E-state index in [-0.39, 0.29) is 17.7 Å². The highest BCUT2D eigenvalue weighted by Crippen LogP contribution is 2.39. The van der Waals surface area contributed by atoms with E-state index in [1.807, 2.05) is 0 Å². The predicted octanol–water partition coefficient (Wildman–Crippen LogP) is 0.321. The number of hydrogen-bond acceptors (Lipinski definition) is 7. The Labute approximate surface area is 147 Å². The zero-order chi connectivity index (χ0) is 19.4. The molecule has 0 unspecified atom stereocenters. The van der Waals surface area contributed by atoms with Crippen LogP contribution in [0.25, 0.3) is 0 Å². The second kappa shape index (κ2) is 7.62. The lowest BCUT2D eigenvalue weighted by molar-refractivity contribution is -0.142. The summed E-state index contributed by atoms with van der Waals surface area (Å²) in [5, 5.41) is 49.4. The van der Waals surface area contributed by atoms with E-state index < -0.39 is 41.2 Å². The first kappa shape index (κ1) is 18.9. The van der Waals surface area contributed by atoms with Crippen LogP contribution >= 0.6 is 0 Å². The average Bonchev–Trinajstić information content (AvgIpc) is 2.60. The standard InChI is InChI=1S/C17H18N2O7/c18-11(7-8-1-3-9(20)4-2-8)16(24)19-13(17(25)26)10-5-6-12(21)15(23)14(10)22/h1-6,11,13,20-23H,7,18H2,(H,19,24)(H,25,26)/t11-,13+/m0/s1. The fourth-order valence-electron chi connectivity index (χ4n) is 2.32. The molecule has 8 N–H and O–H groups in total. The molecule has 26 heavy (non-hydrogen) atoms. The number of nitrogens with one attached hydrogen (secondary N) is 1. The second-order valence-electron chi connectivity index (χ2n) is 5.63. The predicted molar refractivity (Wildman–Crippen MR) is 89.7 cm³/mol.